The van der Waals surface area contributed by atoms with Crippen molar-refractivity contribution in [2.24, 2.45) is 0 Å². The zero-order chi connectivity index (χ0) is 28.8. The van der Waals surface area contributed by atoms with Crippen LogP contribution in [0.5, 0.6) is 0 Å². The first-order valence-corrected chi connectivity index (χ1v) is 14.9. The van der Waals surface area contributed by atoms with Crippen LogP contribution in [0.15, 0.2) is 42.5 Å². The molecule has 1 N–H and O–H groups in total. The smallest absolute Gasteiger partial charge is 0.338 e. The highest BCUT2D eigenvalue weighted by Crippen LogP contribution is 2.45. The molecule has 8 heteroatoms. The molecule has 0 bridgehead atoms. The normalized spacial score (nSPS) is 14.1. The van der Waals surface area contributed by atoms with Crippen molar-refractivity contribution in [3.63, 3.8) is 0 Å². The molecule has 0 saturated heterocycles. The number of carbonyl (C=O) groups is 2. The third-order valence-corrected chi connectivity index (χ3v) is 9.42. The van der Waals surface area contributed by atoms with Gasteiger partial charge in [0.15, 0.2) is 0 Å². The van der Waals surface area contributed by atoms with Gasteiger partial charge in [-0.25, -0.2) is 14.8 Å². The van der Waals surface area contributed by atoms with Crippen molar-refractivity contribution in [3.8, 4) is 21.8 Å². The minimum Gasteiger partial charge on any atom is -0.480 e. The van der Waals surface area contributed by atoms with Gasteiger partial charge < -0.3 is 14.4 Å². The Morgan fingerprint density at radius 2 is 1.80 bits per heavy atom. The minimum atomic E-state index is -0.927. The molecule has 41 heavy (non-hydrogen) atoms. The molecular formula is C33H33N3O4S. The number of fused-ring (bicyclic) bond motifs is 2. The highest BCUT2D eigenvalue weighted by Gasteiger charge is 2.29. The molecule has 0 aliphatic heterocycles. The number of carboxylic acids is 1. The fourth-order valence-corrected chi connectivity index (χ4v) is 7.45. The zero-order valence-corrected chi connectivity index (χ0v) is 24.6. The van der Waals surface area contributed by atoms with Gasteiger partial charge in [-0.3, -0.25) is 4.79 Å². The molecule has 2 aromatic carbocycles. The Morgan fingerprint density at radius 1 is 1.02 bits per heavy atom. The van der Waals surface area contributed by atoms with Gasteiger partial charge in [0.1, 0.15) is 6.54 Å². The van der Waals surface area contributed by atoms with Gasteiger partial charge in [0, 0.05) is 10.8 Å². The van der Waals surface area contributed by atoms with Gasteiger partial charge in [-0.2, -0.15) is 0 Å². The summed E-state index contributed by atoms with van der Waals surface area (Å²) in [5.41, 5.74) is 7.79. The molecule has 1 saturated carbocycles. The lowest BCUT2D eigenvalue weighted by molar-refractivity contribution is -0.137. The van der Waals surface area contributed by atoms with Crippen molar-refractivity contribution in [1.82, 2.24) is 14.5 Å². The van der Waals surface area contributed by atoms with E-state index in [-0.39, 0.29) is 6.54 Å². The maximum absolute atomic E-state index is 12.6. The van der Waals surface area contributed by atoms with Crippen LogP contribution in [-0.4, -0.2) is 38.7 Å². The van der Waals surface area contributed by atoms with Crippen LogP contribution in [0.2, 0.25) is 0 Å². The highest BCUT2D eigenvalue weighted by molar-refractivity contribution is 7.15. The fourth-order valence-electron chi connectivity index (χ4n) is 6.56. The molecular weight excluding hydrogens is 534 g/mol. The quantitative estimate of drug-likeness (QED) is 0.210. The van der Waals surface area contributed by atoms with E-state index in [1.54, 1.807) is 11.3 Å². The maximum Gasteiger partial charge on any atom is 0.338 e. The predicted octanol–water partition coefficient (Wildman–Crippen LogP) is 7.82. The highest BCUT2D eigenvalue weighted by atomic mass is 32.1. The van der Waals surface area contributed by atoms with Crippen LogP contribution in [0.4, 0.5) is 0 Å². The number of aromatic nitrogens is 3. The second-order valence-electron chi connectivity index (χ2n) is 11.0. The van der Waals surface area contributed by atoms with Gasteiger partial charge in [0.05, 0.1) is 50.7 Å². The minimum absolute atomic E-state index is 0.205. The molecule has 3 aromatic heterocycles. The number of hydrogen-bond donors (Lipinski definition) is 1. The van der Waals surface area contributed by atoms with Crippen LogP contribution >= 0.6 is 11.3 Å². The van der Waals surface area contributed by atoms with E-state index in [2.05, 4.69) is 23.2 Å². The largest absolute Gasteiger partial charge is 0.480 e. The lowest BCUT2D eigenvalue weighted by Gasteiger charge is -2.23. The Labute approximate surface area is 242 Å². The SMILES string of the molecule is COC(=O)c1ccc2c(C3CCCCC3)c(-c3ccc4nc(-c5sc(C)nc5C)ccc4c3)n(CC(=O)O)c2c1C. The maximum atomic E-state index is 12.6. The Bertz CT molecular complexity index is 1830. The Kier molecular flexibility index (Phi) is 7.11. The molecule has 0 spiro atoms. The fraction of sp³-hybridized carbons (Fsp3) is 0.333. The van der Waals surface area contributed by atoms with Crippen molar-refractivity contribution in [3.05, 3.63) is 69.9 Å². The van der Waals surface area contributed by atoms with Gasteiger partial charge in [0.2, 0.25) is 0 Å². The lowest BCUT2D eigenvalue weighted by Crippen LogP contribution is -2.12. The monoisotopic (exact) mass is 567 g/mol. The second-order valence-corrected chi connectivity index (χ2v) is 12.2. The standard InChI is InChI=1S/C33H33N3O4S/c1-18-24(33(39)40-4)12-13-25-29(21-8-6-5-7-9-21)31(36(30(18)25)17-28(37)38)23-11-14-26-22(16-23)10-15-27(35-26)32-19(2)34-20(3)41-32/h10-16,21H,5-9,17H2,1-4H3,(H,37,38). The molecule has 1 fully saturated rings. The van der Waals surface area contributed by atoms with Crippen molar-refractivity contribution < 1.29 is 19.4 Å². The van der Waals surface area contributed by atoms with Gasteiger partial charge in [-0.15, -0.1) is 11.3 Å². The van der Waals surface area contributed by atoms with Crippen LogP contribution < -0.4 is 0 Å². The van der Waals surface area contributed by atoms with Crippen molar-refractivity contribution >= 4 is 45.1 Å². The number of aryl methyl sites for hydroxylation is 3. The number of thiazole rings is 1. The van der Waals surface area contributed by atoms with Crippen LogP contribution in [0.1, 0.15) is 70.2 Å². The van der Waals surface area contributed by atoms with Crippen molar-refractivity contribution in [2.75, 3.05) is 7.11 Å². The third-order valence-electron chi connectivity index (χ3n) is 8.33. The van der Waals surface area contributed by atoms with Crippen LogP contribution in [0, 0.1) is 20.8 Å². The summed E-state index contributed by atoms with van der Waals surface area (Å²) in [6, 6.07) is 14.1. The summed E-state index contributed by atoms with van der Waals surface area (Å²) in [5, 5.41) is 13.1. The number of methoxy groups -OCH3 is 1. The van der Waals surface area contributed by atoms with E-state index < -0.39 is 11.9 Å². The van der Waals surface area contributed by atoms with Crippen LogP contribution in [0.3, 0.4) is 0 Å². The Hall–Kier alpha value is -4.04. The van der Waals surface area contributed by atoms with Crippen molar-refractivity contribution in [1.29, 1.82) is 0 Å². The Balaban J connectivity index is 1.60. The number of rotatable bonds is 6. The molecule has 210 valence electrons. The average molecular weight is 568 g/mol. The molecule has 0 amide bonds. The number of benzene rings is 2. The number of carbonyl (C=O) groups excluding carboxylic acids is 1. The molecule has 0 radical (unpaired) electrons. The van der Waals surface area contributed by atoms with E-state index in [1.807, 2.05) is 49.6 Å². The number of esters is 1. The van der Waals surface area contributed by atoms with E-state index in [0.29, 0.717) is 11.5 Å². The van der Waals surface area contributed by atoms with Crippen LogP contribution in [0.25, 0.3) is 43.6 Å². The summed E-state index contributed by atoms with van der Waals surface area (Å²) >= 11 is 1.64. The Morgan fingerprint density at radius 3 is 2.49 bits per heavy atom. The number of carboxylic acid groups (broad SMARTS) is 1. The summed E-state index contributed by atoms with van der Waals surface area (Å²) in [6.07, 6.45) is 5.63. The first-order chi connectivity index (χ1) is 19.8. The summed E-state index contributed by atoms with van der Waals surface area (Å²) in [7, 11) is 1.37. The van der Waals surface area contributed by atoms with E-state index in [0.717, 1.165) is 85.6 Å². The first kappa shape index (κ1) is 27.1. The van der Waals surface area contributed by atoms with Gasteiger partial charge in [0.25, 0.3) is 0 Å². The zero-order valence-electron chi connectivity index (χ0n) is 23.8. The number of hydrogen-bond acceptors (Lipinski definition) is 6. The summed E-state index contributed by atoms with van der Waals surface area (Å²) < 4.78 is 6.95. The summed E-state index contributed by atoms with van der Waals surface area (Å²) in [5.74, 6) is -1.04. The molecule has 1 aliphatic carbocycles. The molecule has 3 heterocycles. The van der Waals surface area contributed by atoms with Gasteiger partial charge in [-0.1, -0.05) is 37.5 Å². The number of aliphatic carboxylic acids is 1. The molecule has 1 aliphatic rings. The number of ether oxygens (including phenoxy) is 1. The molecule has 5 aromatic rings. The van der Waals surface area contributed by atoms with E-state index in [9.17, 15) is 14.7 Å². The summed E-state index contributed by atoms with van der Waals surface area (Å²) in [4.78, 5) is 35.5. The topological polar surface area (TPSA) is 94.3 Å². The van der Waals surface area contributed by atoms with Gasteiger partial charge in [-0.05, 0) is 80.5 Å². The van der Waals surface area contributed by atoms with E-state index in [1.165, 1.54) is 19.1 Å². The average Bonchev–Trinajstić information content (AvgIpc) is 3.48. The third kappa shape index (κ3) is 4.80. The lowest BCUT2D eigenvalue weighted by atomic mass is 9.81. The van der Waals surface area contributed by atoms with Crippen molar-refractivity contribution in [2.45, 2.75) is 65.3 Å². The second kappa shape index (κ2) is 10.7. The predicted molar refractivity (Wildman–Crippen MR) is 163 cm³/mol. The number of pyridine rings is 1. The number of nitrogens with zero attached hydrogens (tertiary/aromatic N) is 3. The van der Waals surface area contributed by atoms with E-state index in [4.69, 9.17) is 9.72 Å². The van der Waals surface area contributed by atoms with Crippen LogP contribution in [-0.2, 0) is 16.1 Å². The molecule has 0 atom stereocenters. The first-order valence-electron chi connectivity index (χ1n) is 14.1. The molecule has 6 rings (SSSR count). The van der Waals surface area contributed by atoms with E-state index >= 15 is 0 Å². The van der Waals surface area contributed by atoms with Gasteiger partial charge >= 0.3 is 11.9 Å². The molecule has 7 nitrogen and oxygen atoms in total. The summed E-state index contributed by atoms with van der Waals surface area (Å²) in [6.45, 7) is 5.69. The molecule has 0 unspecified atom stereocenters.